The van der Waals surface area contributed by atoms with E-state index >= 15 is 0 Å². The maximum absolute atomic E-state index is 14.2. The number of aromatic nitrogens is 2. The van der Waals surface area contributed by atoms with Crippen LogP contribution in [0.25, 0.3) is 17.0 Å². The molecule has 0 unspecified atom stereocenters. The van der Waals surface area contributed by atoms with Gasteiger partial charge in [-0.1, -0.05) is 63.7 Å². The normalized spacial score (nSPS) is 15.0. The summed E-state index contributed by atoms with van der Waals surface area (Å²) in [7, 11) is 1.59. The number of allylic oxidation sites excluding steroid dienone is 1. The van der Waals surface area contributed by atoms with Crippen molar-refractivity contribution in [1.29, 1.82) is 0 Å². The molecule has 0 aliphatic carbocycles. The summed E-state index contributed by atoms with van der Waals surface area (Å²) in [5, 5.41) is 1.05. The average Bonchev–Trinajstić information content (AvgIpc) is 3.49. The number of nitrogens with zero attached hydrogens (tertiary/aromatic N) is 3. The third-order valence-corrected chi connectivity index (χ3v) is 9.51. The summed E-state index contributed by atoms with van der Waals surface area (Å²) >= 11 is 8.38. The first kappa shape index (κ1) is 29.3. The van der Waals surface area contributed by atoms with Crippen LogP contribution in [0.3, 0.4) is 0 Å². The summed E-state index contributed by atoms with van der Waals surface area (Å²) in [6.07, 6.45) is 4.01. The van der Waals surface area contributed by atoms with E-state index in [2.05, 4.69) is 66.9 Å². The van der Waals surface area contributed by atoms with Crippen LogP contribution < -0.4 is 19.6 Å². The van der Waals surface area contributed by atoms with Crippen LogP contribution in [0.4, 0.5) is 0 Å². The van der Waals surface area contributed by atoms with Crippen LogP contribution in [0.2, 0.25) is 0 Å². The van der Waals surface area contributed by atoms with Gasteiger partial charge in [-0.15, -0.1) is 0 Å². The molecule has 43 heavy (non-hydrogen) atoms. The Morgan fingerprint density at radius 1 is 1.09 bits per heavy atom. The summed E-state index contributed by atoms with van der Waals surface area (Å²) in [5.41, 5.74) is 4.55. The molecule has 5 aromatic rings. The minimum Gasteiger partial charge on any atom is -0.496 e. The lowest BCUT2D eigenvalue weighted by atomic mass is 9.96. The number of fused-ring (bicyclic) bond motifs is 2. The maximum atomic E-state index is 14.2. The lowest BCUT2D eigenvalue weighted by molar-refractivity contribution is -0.139. The third-order valence-electron chi connectivity index (χ3n) is 7.38. The van der Waals surface area contributed by atoms with Crippen LogP contribution >= 0.6 is 43.2 Å². The van der Waals surface area contributed by atoms with Gasteiger partial charge in [0.05, 0.1) is 40.0 Å². The zero-order valence-corrected chi connectivity index (χ0v) is 27.6. The van der Waals surface area contributed by atoms with Gasteiger partial charge in [-0.25, -0.2) is 9.79 Å². The Balaban J connectivity index is 1.51. The van der Waals surface area contributed by atoms with Gasteiger partial charge in [0.2, 0.25) is 0 Å². The molecule has 1 atom stereocenters. The van der Waals surface area contributed by atoms with E-state index in [1.807, 2.05) is 48.5 Å². The van der Waals surface area contributed by atoms with Crippen molar-refractivity contribution in [3.63, 3.8) is 0 Å². The Kier molecular flexibility index (Phi) is 8.26. The van der Waals surface area contributed by atoms with Crippen molar-refractivity contribution in [3.05, 3.63) is 130 Å². The highest BCUT2D eigenvalue weighted by molar-refractivity contribution is 9.10. The van der Waals surface area contributed by atoms with Crippen molar-refractivity contribution in [1.82, 2.24) is 9.13 Å². The van der Waals surface area contributed by atoms with E-state index in [1.54, 1.807) is 25.5 Å². The van der Waals surface area contributed by atoms with Gasteiger partial charge in [-0.05, 0) is 77.3 Å². The zero-order valence-electron chi connectivity index (χ0n) is 23.6. The highest BCUT2D eigenvalue weighted by atomic mass is 79.9. The molecule has 0 saturated carbocycles. The van der Waals surface area contributed by atoms with Crippen LogP contribution in [-0.2, 0) is 16.1 Å². The van der Waals surface area contributed by atoms with Crippen LogP contribution in [0, 0.1) is 0 Å². The van der Waals surface area contributed by atoms with Crippen LogP contribution in [0.1, 0.15) is 36.6 Å². The van der Waals surface area contributed by atoms with E-state index in [4.69, 9.17) is 14.5 Å². The number of halogens is 2. The Hall–Kier alpha value is -3.73. The van der Waals surface area contributed by atoms with Crippen molar-refractivity contribution in [2.24, 2.45) is 4.99 Å². The molecule has 2 aromatic heterocycles. The first-order chi connectivity index (χ1) is 20.8. The summed E-state index contributed by atoms with van der Waals surface area (Å²) in [6, 6.07) is 21.3. The molecule has 1 aliphatic heterocycles. The molecule has 0 bridgehead atoms. The fourth-order valence-corrected chi connectivity index (χ4v) is 7.27. The highest BCUT2D eigenvalue weighted by Crippen LogP contribution is 2.35. The predicted octanol–water partition coefficient (Wildman–Crippen LogP) is 6.33. The molecule has 0 radical (unpaired) electrons. The number of para-hydroxylation sites is 1. The largest absolute Gasteiger partial charge is 0.496 e. The fourth-order valence-electron chi connectivity index (χ4n) is 5.41. The Labute approximate surface area is 268 Å². The van der Waals surface area contributed by atoms with Gasteiger partial charge in [-0.2, -0.15) is 0 Å². The van der Waals surface area contributed by atoms with Crippen molar-refractivity contribution in [3.8, 4) is 5.75 Å². The smallest absolute Gasteiger partial charge is 0.338 e. The fraction of sp³-hybridized carbons (Fsp3) is 0.182. The maximum Gasteiger partial charge on any atom is 0.338 e. The lowest BCUT2D eigenvalue weighted by Crippen LogP contribution is -2.39. The number of methoxy groups -OCH3 is 1. The van der Waals surface area contributed by atoms with Gasteiger partial charge in [0.15, 0.2) is 4.80 Å². The first-order valence-electron chi connectivity index (χ1n) is 13.6. The molecule has 1 aliphatic rings. The average molecular weight is 721 g/mol. The lowest BCUT2D eigenvalue weighted by Gasteiger charge is -2.25. The topological polar surface area (TPSA) is 74.8 Å². The molecule has 7 nitrogen and oxygen atoms in total. The van der Waals surface area contributed by atoms with Gasteiger partial charge >= 0.3 is 5.97 Å². The number of benzene rings is 3. The van der Waals surface area contributed by atoms with E-state index < -0.39 is 12.0 Å². The molecular formula is C33H27Br2N3O4S. The Morgan fingerprint density at radius 3 is 2.58 bits per heavy atom. The van der Waals surface area contributed by atoms with Crippen LogP contribution in [-0.4, -0.2) is 28.8 Å². The van der Waals surface area contributed by atoms with Gasteiger partial charge in [0, 0.05) is 33.7 Å². The quantitative estimate of drug-likeness (QED) is 0.184. The molecule has 0 spiro atoms. The van der Waals surface area contributed by atoms with Crippen molar-refractivity contribution in [2.45, 2.75) is 26.4 Å². The number of carbonyl (C=O) groups excluding carboxylic acids is 1. The molecule has 3 heterocycles. The molecule has 0 fully saturated rings. The SMILES string of the molecule is CCOC(=O)C1=C(C)N=c2s/c(=C/c3cn(Cc4ccc(Br)cc4)c4ccccc34)c(=O)n2[C@@H]1c1ccc(OC)c(Br)c1. The van der Waals surface area contributed by atoms with E-state index in [0.29, 0.717) is 37.4 Å². The van der Waals surface area contributed by atoms with Crippen LogP contribution in [0.5, 0.6) is 5.75 Å². The molecule has 0 amide bonds. The van der Waals surface area contributed by atoms with Crippen molar-refractivity contribution < 1.29 is 14.3 Å². The number of hydrogen-bond donors (Lipinski definition) is 0. The molecule has 3 aromatic carbocycles. The van der Waals surface area contributed by atoms with E-state index in [9.17, 15) is 9.59 Å². The van der Waals surface area contributed by atoms with E-state index in [-0.39, 0.29) is 12.2 Å². The summed E-state index contributed by atoms with van der Waals surface area (Å²) in [5.74, 6) is 0.153. The Morgan fingerprint density at radius 2 is 1.86 bits per heavy atom. The number of thiazole rings is 1. The molecule has 6 rings (SSSR count). The second-order valence-electron chi connectivity index (χ2n) is 10.1. The van der Waals surface area contributed by atoms with Gasteiger partial charge in [-0.3, -0.25) is 9.36 Å². The number of rotatable bonds is 7. The second kappa shape index (κ2) is 12.1. The van der Waals surface area contributed by atoms with Gasteiger partial charge < -0.3 is 14.0 Å². The number of hydrogen-bond acceptors (Lipinski definition) is 6. The minimum atomic E-state index is -0.710. The summed E-state index contributed by atoms with van der Waals surface area (Å²) in [6.45, 7) is 4.44. The standard InChI is InChI=1S/C33H27Br2N3O4S/c1-4-42-32(40)29-19(2)36-33-38(30(29)21-11-14-27(41-3)25(35)15-21)31(39)28(43-33)16-22-18-37(26-8-6-5-7-24(22)26)17-20-9-12-23(34)13-10-20/h5-16,18,30H,4,17H2,1-3H3/b28-16+/t30-/m1/s1. The number of ether oxygens (including phenoxy) is 2. The number of carbonyl (C=O) groups is 1. The third kappa shape index (κ3) is 5.55. The van der Waals surface area contributed by atoms with E-state index in [1.165, 1.54) is 16.9 Å². The molecule has 0 N–H and O–H groups in total. The monoisotopic (exact) mass is 719 g/mol. The zero-order chi connectivity index (χ0) is 30.2. The van der Waals surface area contributed by atoms with Gasteiger partial charge in [0.25, 0.3) is 5.56 Å². The molecule has 0 saturated heterocycles. The first-order valence-corrected chi connectivity index (χ1v) is 16.0. The van der Waals surface area contributed by atoms with E-state index in [0.717, 1.165) is 26.5 Å². The molecular weight excluding hydrogens is 694 g/mol. The minimum absolute atomic E-state index is 0.212. The molecule has 218 valence electrons. The second-order valence-corrected chi connectivity index (χ2v) is 12.8. The summed E-state index contributed by atoms with van der Waals surface area (Å²) < 4.78 is 16.9. The van der Waals surface area contributed by atoms with Gasteiger partial charge in [0.1, 0.15) is 5.75 Å². The van der Waals surface area contributed by atoms with Crippen molar-refractivity contribution in [2.75, 3.05) is 13.7 Å². The van der Waals surface area contributed by atoms with Crippen molar-refractivity contribution >= 4 is 66.1 Å². The Bertz CT molecular complexity index is 2090. The highest BCUT2D eigenvalue weighted by Gasteiger charge is 2.33. The number of esters is 1. The van der Waals surface area contributed by atoms with Crippen LogP contribution in [0.15, 0.2) is 103 Å². The molecule has 10 heteroatoms. The predicted molar refractivity (Wildman–Crippen MR) is 176 cm³/mol. The summed E-state index contributed by atoms with van der Waals surface area (Å²) in [4.78, 5) is 32.6.